The van der Waals surface area contributed by atoms with Crippen molar-refractivity contribution in [2.45, 2.75) is 26.4 Å². The summed E-state index contributed by atoms with van der Waals surface area (Å²) in [7, 11) is 0. The van der Waals surface area contributed by atoms with E-state index in [0.29, 0.717) is 5.88 Å². The van der Waals surface area contributed by atoms with E-state index >= 15 is 0 Å². The van der Waals surface area contributed by atoms with Gasteiger partial charge in [0.1, 0.15) is 10.2 Å². The lowest BCUT2D eigenvalue weighted by Gasteiger charge is -2.21. The minimum absolute atomic E-state index is 0.201. The van der Waals surface area contributed by atoms with E-state index in [0.717, 1.165) is 8.17 Å². The molecule has 0 fully saturated rings. The number of halogens is 2. The van der Waals surface area contributed by atoms with Crippen molar-refractivity contribution >= 4 is 38.5 Å². The fraction of sp³-hybridized carbons (Fsp3) is 0.444. The van der Waals surface area contributed by atoms with E-state index in [1.807, 2.05) is 32.9 Å². The minimum Gasteiger partial charge on any atom is -0.471 e. The SMILES string of the molecule is CC(C)(C)Oc1nc(Br)ccc1I. The molecule has 0 radical (unpaired) electrons. The summed E-state index contributed by atoms with van der Waals surface area (Å²) in [5, 5.41) is 0. The lowest BCUT2D eigenvalue weighted by molar-refractivity contribution is 0.122. The van der Waals surface area contributed by atoms with Gasteiger partial charge < -0.3 is 4.74 Å². The number of pyridine rings is 1. The number of nitrogens with zero attached hydrogens (tertiary/aromatic N) is 1. The molecule has 72 valence electrons. The molecule has 0 unspecified atom stereocenters. The average molecular weight is 356 g/mol. The van der Waals surface area contributed by atoms with Crippen LogP contribution in [-0.2, 0) is 0 Å². The van der Waals surface area contributed by atoms with Crippen LogP contribution in [0.1, 0.15) is 20.8 Å². The van der Waals surface area contributed by atoms with E-state index in [4.69, 9.17) is 4.74 Å². The van der Waals surface area contributed by atoms with E-state index in [-0.39, 0.29) is 5.60 Å². The highest BCUT2D eigenvalue weighted by Gasteiger charge is 2.14. The number of ether oxygens (including phenoxy) is 1. The van der Waals surface area contributed by atoms with Gasteiger partial charge in [-0.2, -0.15) is 0 Å². The summed E-state index contributed by atoms with van der Waals surface area (Å²) < 4.78 is 7.49. The van der Waals surface area contributed by atoms with Crippen molar-refractivity contribution in [3.63, 3.8) is 0 Å². The number of hydrogen-bond donors (Lipinski definition) is 0. The van der Waals surface area contributed by atoms with Gasteiger partial charge >= 0.3 is 0 Å². The van der Waals surface area contributed by atoms with Gasteiger partial charge in [-0.1, -0.05) is 0 Å². The first-order valence-corrected chi connectivity index (χ1v) is 5.77. The summed E-state index contributed by atoms with van der Waals surface area (Å²) in [5.74, 6) is 0.683. The second kappa shape index (κ2) is 4.13. The van der Waals surface area contributed by atoms with Crippen molar-refractivity contribution in [2.75, 3.05) is 0 Å². The minimum atomic E-state index is -0.201. The Balaban J connectivity index is 2.94. The molecule has 1 rings (SSSR count). The zero-order valence-corrected chi connectivity index (χ0v) is 11.5. The number of hydrogen-bond acceptors (Lipinski definition) is 2. The zero-order valence-electron chi connectivity index (χ0n) is 7.77. The van der Waals surface area contributed by atoms with Crippen molar-refractivity contribution in [3.8, 4) is 5.88 Å². The van der Waals surface area contributed by atoms with Crippen LogP contribution in [0.25, 0.3) is 0 Å². The van der Waals surface area contributed by atoms with Crippen LogP contribution in [0.2, 0.25) is 0 Å². The first-order valence-electron chi connectivity index (χ1n) is 3.89. The van der Waals surface area contributed by atoms with Gasteiger partial charge in [-0.25, -0.2) is 4.98 Å². The van der Waals surface area contributed by atoms with Crippen LogP contribution in [0.3, 0.4) is 0 Å². The molecule has 0 aliphatic rings. The summed E-state index contributed by atoms with van der Waals surface area (Å²) in [6, 6.07) is 3.87. The normalized spacial score (nSPS) is 11.5. The largest absolute Gasteiger partial charge is 0.471 e. The highest BCUT2D eigenvalue weighted by atomic mass is 127. The highest BCUT2D eigenvalue weighted by Crippen LogP contribution is 2.24. The van der Waals surface area contributed by atoms with E-state index in [1.54, 1.807) is 0 Å². The predicted octanol–water partition coefficient (Wildman–Crippen LogP) is 3.63. The van der Waals surface area contributed by atoms with E-state index in [1.165, 1.54) is 0 Å². The molecule has 0 aromatic carbocycles. The van der Waals surface area contributed by atoms with Gasteiger partial charge in [-0.15, -0.1) is 0 Å². The molecule has 0 aliphatic carbocycles. The molecule has 0 N–H and O–H groups in total. The number of rotatable bonds is 1. The van der Waals surface area contributed by atoms with Gasteiger partial charge in [0.05, 0.1) is 3.57 Å². The summed E-state index contributed by atoms with van der Waals surface area (Å²) in [5.41, 5.74) is -0.201. The smallest absolute Gasteiger partial charge is 0.228 e. The lowest BCUT2D eigenvalue weighted by atomic mass is 10.2. The van der Waals surface area contributed by atoms with Crippen molar-refractivity contribution < 1.29 is 4.74 Å². The van der Waals surface area contributed by atoms with Crippen LogP contribution in [-0.4, -0.2) is 10.6 Å². The van der Waals surface area contributed by atoms with E-state index < -0.39 is 0 Å². The molecule has 0 bridgehead atoms. The maximum Gasteiger partial charge on any atom is 0.228 e. The van der Waals surface area contributed by atoms with Crippen LogP contribution in [0.4, 0.5) is 0 Å². The summed E-state index contributed by atoms with van der Waals surface area (Å²) in [6.07, 6.45) is 0. The summed E-state index contributed by atoms with van der Waals surface area (Å²) in [4.78, 5) is 4.25. The highest BCUT2D eigenvalue weighted by molar-refractivity contribution is 14.1. The topological polar surface area (TPSA) is 22.1 Å². The van der Waals surface area contributed by atoms with E-state index in [2.05, 4.69) is 43.5 Å². The maximum atomic E-state index is 5.66. The molecule has 1 aromatic heterocycles. The van der Waals surface area contributed by atoms with E-state index in [9.17, 15) is 0 Å². The second-order valence-electron chi connectivity index (χ2n) is 3.64. The molecule has 0 saturated carbocycles. The maximum absolute atomic E-state index is 5.66. The molecule has 0 aliphatic heterocycles. The fourth-order valence-electron chi connectivity index (χ4n) is 0.762. The molecule has 1 heterocycles. The van der Waals surface area contributed by atoms with Gasteiger partial charge in [0.15, 0.2) is 0 Å². The van der Waals surface area contributed by atoms with Crippen molar-refractivity contribution in [1.29, 1.82) is 0 Å². The Labute approximate surface area is 100 Å². The van der Waals surface area contributed by atoms with Crippen molar-refractivity contribution in [3.05, 3.63) is 20.3 Å². The average Bonchev–Trinajstić information content (AvgIpc) is 1.94. The van der Waals surface area contributed by atoms with Crippen LogP contribution in [0.15, 0.2) is 16.7 Å². The molecule has 13 heavy (non-hydrogen) atoms. The van der Waals surface area contributed by atoms with Crippen LogP contribution in [0.5, 0.6) is 5.88 Å². The van der Waals surface area contributed by atoms with Crippen molar-refractivity contribution in [1.82, 2.24) is 4.98 Å². The van der Waals surface area contributed by atoms with Crippen LogP contribution in [0, 0.1) is 3.57 Å². The number of aromatic nitrogens is 1. The second-order valence-corrected chi connectivity index (χ2v) is 5.61. The quantitative estimate of drug-likeness (QED) is 0.567. The van der Waals surface area contributed by atoms with Gasteiger partial charge in [0.25, 0.3) is 0 Å². The fourth-order valence-corrected chi connectivity index (χ4v) is 1.47. The molecule has 4 heteroatoms. The molecular formula is C9H11BrINO. The Morgan fingerprint density at radius 1 is 1.38 bits per heavy atom. The Kier molecular flexibility index (Phi) is 3.57. The summed E-state index contributed by atoms with van der Waals surface area (Å²) in [6.45, 7) is 6.02. The molecule has 0 amide bonds. The predicted molar refractivity (Wildman–Crippen MR) is 65.0 cm³/mol. The first kappa shape index (κ1) is 11.2. The van der Waals surface area contributed by atoms with Crippen LogP contribution >= 0.6 is 38.5 Å². The Morgan fingerprint density at radius 3 is 2.54 bits per heavy atom. The Morgan fingerprint density at radius 2 is 2.00 bits per heavy atom. The Hall–Kier alpha value is 0.160. The van der Waals surface area contributed by atoms with Gasteiger partial charge in [-0.05, 0) is 71.4 Å². The standard InChI is InChI=1S/C9H11BrINO/c1-9(2,3)13-8-6(11)4-5-7(10)12-8/h4-5H,1-3H3. The van der Waals surface area contributed by atoms with Crippen LogP contribution < -0.4 is 4.74 Å². The van der Waals surface area contributed by atoms with Gasteiger partial charge in [0, 0.05) is 0 Å². The van der Waals surface area contributed by atoms with Gasteiger partial charge in [0.2, 0.25) is 5.88 Å². The third-order valence-corrected chi connectivity index (χ3v) is 2.45. The molecular weight excluding hydrogens is 345 g/mol. The molecule has 0 saturated heterocycles. The lowest BCUT2D eigenvalue weighted by Crippen LogP contribution is -2.24. The third kappa shape index (κ3) is 3.81. The first-order chi connectivity index (χ1) is 5.88. The van der Waals surface area contributed by atoms with Crippen molar-refractivity contribution in [2.24, 2.45) is 0 Å². The third-order valence-electron chi connectivity index (χ3n) is 1.18. The molecule has 1 aromatic rings. The molecule has 2 nitrogen and oxygen atoms in total. The van der Waals surface area contributed by atoms with Gasteiger partial charge in [-0.3, -0.25) is 0 Å². The summed E-state index contributed by atoms with van der Waals surface area (Å²) >= 11 is 5.52. The zero-order chi connectivity index (χ0) is 10.1. The monoisotopic (exact) mass is 355 g/mol. The molecule has 0 atom stereocenters. The Bertz CT molecular complexity index is 309. The molecule has 0 spiro atoms.